The number of aromatic nitrogens is 3. The van der Waals surface area contributed by atoms with Gasteiger partial charge in [0.2, 0.25) is 0 Å². The topological polar surface area (TPSA) is 57.0 Å². The van der Waals surface area contributed by atoms with Crippen molar-refractivity contribution >= 4 is 28.6 Å². The van der Waals surface area contributed by atoms with Crippen LogP contribution in [0.2, 0.25) is 0 Å². The zero-order valence-corrected chi connectivity index (χ0v) is 14.3. The first kappa shape index (κ1) is 15.9. The zero-order chi connectivity index (χ0) is 15.2. The van der Waals surface area contributed by atoms with Gasteiger partial charge in [0.15, 0.2) is 5.69 Å². The highest BCUT2D eigenvalue weighted by atomic mass is 127. The molecule has 0 aliphatic carbocycles. The number of carbonyl (C=O) groups is 1. The van der Waals surface area contributed by atoms with Crippen LogP contribution in [0.5, 0.6) is 0 Å². The van der Waals surface area contributed by atoms with Crippen molar-refractivity contribution in [2.45, 2.75) is 33.2 Å². The van der Waals surface area contributed by atoms with Gasteiger partial charge in [-0.05, 0) is 53.6 Å². The molecule has 0 radical (unpaired) electrons. The van der Waals surface area contributed by atoms with E-state index in [1.807, 2.05) is 0 Å². The molecule has 5 nitrogen and oxygen atoms in total. The van der Waals surface area contributed by atoms with Gasteiger partial charge in [-0.25, -0.2) is 9.48 Å². The molecule has 112 valence electrons. The van der Waals surface area contributed by atoms with Crippen LogP contribution in [0.1, 0.15) is 42.0 Å². The van der Waals surface area contributed by atoms with Gasteiger partial charge in [-0.2, -0.15) is 0 Å². The van der Waals surface area contributed by atoms with Crippen molar-refractivity contribution in [1.82, 2.24) is 15.0 Å². The molecule has 0 N–H and O–H groups in total. The fourth-order valence-corrected chi connectivity index (χ4v) is 2.42. The van der Waals surface area contributed by atoms with Gasteiger partial charge in [0, 0.05) is 3.57 Å². The molecule has 0 unspecified atom stereocenters. The smallest absolute Gasteiger partial charge is 0.360 e. The third-order valence-electron chi connectivity index (χ3n) is 3.04. The van der Waals surface area contributed by atoms with Crippen LogP contribution in [0, 0.1) is 3.57 Å². The van der Waals surface area contributed by atoms with Crippen LogP contribution in [0.25, 0.3) is 0 Å². The van der Waals surface area contributed by atoms with E-state index in [1.54, 1.807) is 11.6 Å². The first-order chi connectivity index (χ1) is 10.2. The molecule has 1 aromatic heterocycles. The van der Waals surface area contributed by atoms with Crippen LogP contribution in [-0.4, -0.2) is 27.6 Å². The average molecular weight is 399 g/mol. The maximum atomic E-state index is 11.9. The third-order valence-corrected chi connectivity index (χ3v) is 3.76. The Kier molecular flexibility index (Phi) is 5.72. The molecule has 0 spiro atoms. The maximum absolute atomic E-state index is 11.9. The van der Waals surface area contributed by atoms with Gasteiger partial charge in [0.1, 0.15) is 0 Å². The molecule has 0 aliphatic heterocycles. The molecule has 6 heteroatoms. The lowest BCUT2D eigenvalue weighted by molar-refractivity contribution is 0.0518. The van der Waals surface area contributed by atoms with E-state index in [9.17, 15) is 4.79 Å². The summed E-state index contributed by atoms with van der Waals surface area (Å²) in [5.41, 5.74) is 2.31. The molecule has 0 saturated carbocycles. The maximum Gasteiger partial charge on any atom is 0.360 e. The lowest BCUT2D eigenvalue weighted by Gasteiger charge is -2.07. The molecular formula is C15H18IN3O2. The van der Waals surface area contributed by atoms with E-state index in [0.717, 1.165) is 24.1 Å². The summed E-state index contributed by atoms with van der Waals surface area (Å²) >= 11 is 2.27. The summed E-state index contributed by atoms with van der Waals surface area (Å²) in [6.07, 6.45) is 1.68. The van der Waals surface area contributed by atoms with Crippen molar-refractivity contribution in [2.24, 2.45) is 0 Å². The Balaban J connectivity index is 2.26. The molecule has 0 fully saturated rings. The van der Waals surface area contributed by atoms with Gasteiger partial charge in [-0.3, -0.25) is 0 Å². The molecule has 0 bridgehead atoms. The normalized spacial score (nSPS) is 10.6. The Labute approximate surface area is 137 Å². The summed E-state index contributed by atoms with van der Waals surface area (Å²) in [6, 6.07) is 8.23. The number of benzene rings is 1. The van der Waals surface area contributed by atoms with Crippen LogP contribution < -0.4 is 0 Å². The van der Waals surface area contributed by atoms with E-state index in [-0.39, 0.29) is 0 Å². The summed E-state index contributed by atoms with van der Waals surface area (Å²) in [6.45, 7) is 4.80. The molecular weight excluding hydrogens is 381 g/mol. The second kappa shape index (κ2) is 7.53. The predicted molar refractivity (Wildman–Crippen MR) is 88.2 cm³/mol. The number of halogens is 1. The molecule has 1 heterocycles. The molecule has 2 rings (SSSR count). The number of hydrogen-bond acceptors (Lipinski definition) is 4. The second-order valence-electron chi connectivity index (χ2n) is 4.64. The van der Waals surface area contributed by atoms with Crippen molar-refractivity contribution in [2.75, 3.05) is 6.61 Å². The van der Waals surface area contributed by atoms with E-state index < -0.39 is 5.97 Å². The monoisotopic (exact) mass is 399 g/mol. The lowest BCUT2D eigenvalue weighted by atomic mass is 10.2. The van der Waals surface area contributed by atoms with E-state index in [0.29, 0.717) is 18.8 Å². The number of ether oxygens (including phenoxy) is 1. The van der Waals surface area contributed by atoms with Gasteiger partial charge in [0.25, 0.3) is 0 Å². The van der Waals surface area contributed by atoms with Crippen molar-refractivity contribution in [3.8, 4) is 0 Å². The Morgan fingerprint density at radius 2 is 2.00 bits per heavy atom. The number of esters is 1. The minimum Gasteiger partial charge on any atom is -0.461 e. The first-order valence-electron chi connectivity index (χ1n) is 6.99. The summed E-state index contributed by atoms with van der Waals surface area (Å²) < 4.78 is 8.02. The molecule has 21 heavy (non-hydrogen) atoms. The van der Waals surface area contributed by atoms with Crippen molar-refractivity contribution < 1.29 is 9.53 Å². The zero-order valence-electron chi connectivity index (χ0n) is 12.2. The largest absolute Gasteiger partial charge is 0.461 e. The van der Waals surface area contributed by atoms with Crippen LogP contribution >= 0.6 is 22.6 Å². The quantitative estimate of drug-likeness (QED) is 0.554. The van der Waals surface area contributed by atoms with Crippen molar-refractivity contribution in [3.05, 3.63) is 44.8 Å². The average Bonchev–Trinajstić information content (AvgIpc) is 2.85. The summed E-state index contributed by atoms with van der Waals surface area (Å²) in [4.78, 5) is 11.9. The Hall–Kier alpha value is -1.44. The fraction of sp³-hybridized carbons (Fsp3) is 0.400. The van der Waals surface area contributed by atoms with Gasteiger partial charge >= 0.3 is 5.97 Å². The molecule has 0 amide bonds. The lowest BCUT2D eigenvalue weighted by Crippen LogP contribution is -2.11. The number of hydrogen-bond donors (Lipinski definition) is 0. The first-order valence-corrected chi connectivity index (χ1v) is 8.07. The molecule has 0 saturated heterocycles. The number of nitrogens with zero attached hydrogens (tertiary/aromatic N) is 3. The highest BCUT2D eigenvalue weighted by Gasteiger charge is 2.20. The molecule has 1 aromatic carbocycles. The second-order valence-corrected chi connectivity index (χ2v) is 5.88. The molecule has 0 atom stereocenters. The fourth-order valence-electron chi connectivity index (χ4n) is 2.06. The number of rotatable bonds is 6. The van der Waals surface area contributed by atoms with Crippen LogP contribution in [-0.2, 0) is 17.7 Å². The predicted octanol–water partition coefficient (Wildman–Crippen LogP) is 3.06. The standard InChI is InChI=1S/C15H18IN3O2/c1-3-5-13-14(15(20)21-4-2)17-18-19(13)10-11-6-8-12(16)9-7-11/h6-9H,3-5,10H2,1-2H3. The number of carbonyl (C=O) groups excluding carboxylic acids is 1. The summed E-state index contributed by atoms with van der Waals surface area (Å²) in [5, 5.41) is 8.12. The Bertz CT molecular complexity index is 608. The van der Waals surface area contributed by atoms with Gasteiger partial charge < -0.3 is 4.74 Å². The Morgan fingerprint density at radius 1 is 1.29 bits per heavy atom. The van der Waals surface area contributed by atoms with E-state index >= 15 is 0 Å². The van der Waals surface area contributed by atoms with E-state index in [2.05, 4.69) is 64.1 Å². The Morgan fingerprint density at radius 3 is 2.62 bits per heavy atom. The third kappa shape index (κ3) is 4.03. The van der Waals surface area contributed by atoms with Gasteiger partial charge in [-0.1, -0.05) is 30.7 Å². The van der Waals surface area contributed by atoms with Crippen molar-refractivity contribution in [1.29, 1.82) is 0 Å². The molecule has 0 aliphatic rings. The minimum absolute atomic E-state index is 0.337. The van der Waals surface area contributed by atoms with Crippen LogP contribution in [0.4, 0.5) is 0 Å². The summed E-state index contributed by atoms with van der Waals surface area (Å²) in [7, 11) is 0. The minimum atomic E-state index is -0.394. The highest BCUT2D eigenvalue weighted by molar-refractivity contribution is 14.1. The SMILES string of the molecule is CCCc1c(C(=O)OCC)nnn1Cc1ccc(I)cc1. The van der Waals surface area contributed by atoms with Crippen molar-refractivity contribution in [3.63, 3.8) is 0 Å². The van der Waals surface area contributed by atoms with Gasteiger partial charge in [-0.15, -0.1) is 5.10 Å². The van der Waals surface area contributed by atoms with E-state index in [4.69, 9.17) is 4.74 Å². The summed E-state index contributed by atoms with van der Waals surface area (Å²) in [5.74, 6) is -0.394. The van der Waals surface area contributed by atoms with E-state index in [1.165, 1.54) is 3.57 Å². The van der Waals surface area contributed by atoms with Crippen LogP contribution in [0.3, 0.4) is 0 Å². The highest BCUT2D eigenvalue weighted by Crippen LogP contribution is 2.13. The molecule has 2 aromatic rings. The van der Waals surface area contributed by atoms with Gasteiger partial charge in [0.05, 0.1) is 18.8 Å². The van der Waals surface area contributed by atoms with Crippen LogP contribution in [0.15, 0.2) is 24.3 Å².